The molecule has 0 bridgehead atoms. The molecule has 1 aromatic carbocycles. The number of hydrogen-bond donors (Lipinski definition) is 2. The third-order valence-corrected chi connectivity index (χ3v) is 3.60. The molecule has 0 aliphatic rings. The number of methoxy groups -OCH3 is 1. The van der Waals surface area contributed by atoms with Gasteiger partial charge in [-0.3, -0.25) is 4.98 Å². The number of H-pyrrole nitrogens is 1. The SMILES string of the molecule is COc1ccc2[nH]cc(CCNCc3cccnc3)c2c1.[Cl-]. The van der Waals surface area contributed by atoms with Crippen molar-refractivity contribution < 1.29 is 17.1 Å². The van der Waals surface area contributed by atoms with E-state index >= 15 is 0 Å². The fourth-order valence-corrected chi connectivity index (χ4v) is 2.45. The number of hydrogen-bond acceptors (Lipinski definition) is 3. The number of benzene rings is 1. The highest BCUT2D eigenvalue weighted by Gasteiger charge is 2.04. The molecule has 0 aliphatic heterocycles. The van der Waals surface area contributed by atoms with Crippen LogP contribution >= 0.6 is 0 Å². The van der Waals surface area contributed by atoms with Crippen molar-refractivity contribution in [2.75, 3.05) is 13.7 Å². The van der Waals surface area contributed by atoms with Crippen molar-refractivity contribution in [1.29, 1.82) is 0 Å². The summed E-state index contributed by atoms with van der Waals surface area (Å²) in [5.41, 5.74) is 3.67. The largest absolute Gasteiger partial charge is 1.00 e. The van der Waals surface area contributed by atoms with Gasteiger partial charge in [0.2, 0.25) is 0 Å². The Morgan fingerprint density at radius 3 is 2.95 bits per heavy atom. The molecule has 0 saturated heterocycles. The van der Waals surface area contributed by atoms with E-state index in [-0.39, 0.29) is 12.4 Å². The Kier molecular flexibility index (Phi) is 5.81. The summed E-state index contributed by atoms with van der Waals surface area (Å²) in [5, 5.41) is 4.68. The first kappa shape index (κ1) is 16.3. The molecule has 0 saturated carbocycles. The summed E-state index contributed by atoms with van der Waals surface area (Å²) in [6, 6.07) is 10.2. The Balaban J connectivity index is 0.00000176. The van der Waals surface area contributed by atoms with Crippen molar-refractivity contribution >= 4 is 10.9 Å². The lowest BCUT2D eigenvalue weighted by Gasteiger charge is -2.05. The number of halogens is 1. The van der Waals surface area contributed by atoms with Crippen LogP contribution in [-0.2, 0) is 13.0 Å². The summed E-state index contributed by atoms with van der Waals surface area (Å²) in [4.78, 5) is 7.42. The predicted molar refractivity (Wildman–Crippen MR) is 84.5 cm³/mol. The normalized spacial score (nSPS) is 10.4. The average molecular weight is 317 g/mol. The molecule has 3 rings (SSSR count). The minimum Gasteiger partial charge on any atom is -1.00 e. The zero-order valence-corrected chi connectivity index (χ0v) is 13.2. The van der Waals surface area contributed by atoms with Gasteiger partial charge in [0.15, 0.2) is 0 Å². The Morgan fingerprint density at radius 2 is 2.18 bits per heavy atom. The highest BCUT2D eigenvalue weighted by atomic mass is 35.5. The second-order valence-corrected chi connectivity index (χ2v) is 5.01. The van der Waals surface area contributed by atoms with Crippen molar-refractivity contribution in [3.05, 3.63) is 60.0 Å². The van der Waals surface area contributed by atoms with Crippen molar-refractivity contribution in [3.63, 3.8) is 0 Å². The molecule has 0 fully saturated rings. The van der Waals surface area contributed by atoms with Crippen molar-refractivity contribution in [2.24, 2.45) is 0 Å². The van der Waals surface area contributed by atoms with E-state index in [0.29, 0.717) is 0 Å². The smallest absolute Gasteiger partial charge is 0.119 e. The monoisotopic (exact) mass is 316 g/mol. The van der Waals surface area contributed by atoms with Gasteiger partial charge < -0.3 is 27.4 Å². The van der Waals surface area contributed by atoms with Crippen LogP contribution in [0.3, 0.4) is 0 Å². The second kappa shape index (κ2) is 7.82. The lowest BCUT2D eigenvalue weighted by molar-refractivity contribution is -0.00000467. The van der Waals surface area contributed by atoms with Crippen LogP contribution in [0.2, 0.25) is 0 Å². The number of fused-ring (bicyclic) bond motifs is 1. The molecule has 22 heavy (non-hydrogen) atoms. The van der Waals surface area contributed by atoms with Crippen LogP contribution in [-0.4, -0.2) is 23.6 Å². The van der Waals surface area contributed by atoms with Gasteiger partial charge in [-0.05, 0) is 48.4 Å². The summed E-state index contributed by atoms with van der Waals surface area (Å²) in [6.07, 6.45) is 6.75. The van der Waals surface area contributed by atoms with Gasteiger partial charge in [-0.25, -0.2) is 0 Å². The third kappa shape index (κ3) is 3.78. The Hall–Kier alpha value is -2.04. The van der Waals surface area contributed by atoms with Gasteiger partial charge in [-0.15, -0.1) is 0 Å². The number of aromatic nitrogens is 2. The Morgan fingerprint density at radius 1 is 1.27 bits per heavy atom. The van der Waals surface area contributed by atoms with Gasteiger partial charge in [0.1, 0.15) is 5.75 Å². The first-order chi connectivity index (χ1) is 10.4. The standard InChI is InChI=1S/C17H19N3O.ClH/c1-21-15-4-5-17-16(9-15)14(12-20-17)6-8-19-11-13-3-2-7-18-10-13;/h2-5,7,9-10,12,19-20H,6,8,11H2,1H3;1H/p-1. The molecule has 2 N–H and O–H groups in total. The van der Waals surface area contributed by atoms with Crippen LogP contribution in [0.1, 0.15) is 11.1 Å². The van der Waals surface area contributed by atoms with Gasteiger partial charge in [0.05, 0.1) is 7.11 Å². The summed E-state index contributed by atoms with van der Waals surface area (Å²) in [7, 11) is 1.70. The molecule has 0 radical (unpaired) electrons. The van der Waals surface area contributed by atoms with E-state index in [2.05, 4.69) is 39.7 Å². The number of aromatic amines is 1. The van der Waals surface area contributed by atoms with E-state index in [1.165, 1.54) is 16.5 Å². The summed E-state index contributed by atoms with van der Waals surface area (Å²) < 4.78 is 5.29. The molecule has 2 heterocycles. The first-order valence-corrected chi connectivity index (χ1v) is 7.10. The molecule has 0 amide bonds. The maximum absolute atomic E-state index is 5.29. The topological polar surface area (TPSA) is 49.9 Å². The van der Waals surface area contributed by atoms with E-state index in [4.69, 9.17) is 4.74 Å². The highest BCUT2D eigenvalue weighted by Crippen LogP contribution is 2.23. The van der Waals surface area contributed by atoms with Crippen LogP contribution in [0.5, 0.6) is 5.75 Å². The summed E-state index contributed by atoms with van der Waals surface area (Å²) in [6.45, 7) is 1.78. The Labute approximate surface area is 136 Å². The number of nitrogens with zero attached hydrogens (tertiary/aromatic N) is 1. The van der Waals surface area contributed by atoms with Gasteiger partial charge in [-0.1, -0.05) is 6.07 Å². The van der Waals surface area contributed by atoms with Crippen LogP contribution in [0.25, 0.3) is 10.9 Å². The van der Waals surface area contributed by atoms with Crippen LogP contribution in [0.4, 0.5) is 0 Å². The number of ether oxygens (including phenoxy) is 1. The molecule has 0 atom stereocenters. The fourth-order valence-electron chi connectivity index (χ4n) is 2.45. The zero-order valence-electron chi connectivity index (χ0n) is 12.5. The average Bonchev–Trinajstić information content (AvgIpc) is 2.95. The molecule has 0 spiro atoms. The summed E-state index contributed by atoms with van der Waals surface area (Å²) >= 11 is 0. The zero-order chi connectivity index (χ0) is 14.5. The molecule has 0 unspecified atom stereocenters. The number of nitrogens with one attached hydrogen (secondary N) is 2. The van der Waals surface area contributed by atoms with E-state index < -0.39 is 0 Å². The van der Waals surface area contributed by atoms with Gasteiger partial charge in [0, 0.05) is 36.0 Å². The van der Waals surface area contributed by atoms with Crippen molar-refractivity contribution in [3.8, 4) is 5.75 Å². The molecular formula is C17H19ClN3O-. The second-order valence-electron chi connectivity index (χ2n) is 5.01. The fraction of sp³-hybridized carbons (Fsp3) is 0.235. The highest BCUT2D eigenvalue weighted by molar-refractivity contribution is 5.84. The maximum atomic E-state index is 5.29. The number of rotatable bonds is 6. The van der Waals surface area contributed by atoms with Crippen molar-refractivity contribution in [2.45, 2.75) is 13.0 Å². The van der Waals surface area contributed by atoms with Crippen LogP contribution < -0.4 is 22.5 Å². The van der Waals surface area contributed by atoms with E-state index in [9.17, 15) is 0 Å². The van der Waals surface area contributed by atoms with Crippen LogP contribution in [0, 0.1) is 0 Å². The lowest BCUT2D eigenvalue weighted by Crippen LogP contribution is -3.00. The molecule has 2 aromatic heterocycles. The van der Waals surface area contributed by atoms with Gasteiger partial charge in [0.25, 0.3) is 0 Å². The van der Waals surface area contributed by atoms with Crippen molar-refractivity contribution in [1.82, 2.24) is 15.3 Å². The maximum Gasteiger partial charge on any atom is 0.119 e. The molecular weight excluding hydrogens is 298 g/mol. The van der Waals surface area contributed by atoms with Crippen LogP contribution in [0.15, 0.2) is 48.9 Å². The first-order valence-electron chi connectivity index (χ1n) is 7.10. The predicted octanol–water partition coefficient (Wildman–Crippen LogP) is -0.0922. The molecule has 5 heteroatoms. The molecule has 116 valence electrons. The molecule has 0 aliphatic carbocycles. The van der Waals surface area contributed by atoms with Gasteiger partial charge >= 0.3 is 0 Å². The lowest BCUT2D eigenvalue weighted by atomic mass is 10.1. The minimum absolute atomic E-state index is 0. The quantitative estimate of drug-likeness (QED) is 0.625. The number of pyridine rings is 1. The molecule has 4 nitrogen and oxygen atoms in total. The van der Waals surface area contributed by atoms with E-state index in [1.807, 2.05) is 18.3 Å². The minimum atomic E-state index is 0. The van der Waals surface area contributed by atoms with Gasteiger partial charge in [-0.2, -0.15) is 0 Å². The van der Waals surface area contributed by atoms with E-state index in [0.717, 1.165) is 30.8 Å². The third-order valence-electron chi connectivity index (χ3n) is 3.60. The molecule has 3 aromatic rings. The Bertz CT molecular complexity index is 712. The van der Waals surface area contributed by atoms with E-state index in [1.54, 1.807) is 13.3 Å². The summed E-state index contributed by atoms with van der Waals surface area (Å²) in [5.74, 6) is 0.895.